The van der Waals surface area contributed by atoms with Crippen LogP contribution in [0.4, 0.5) is 5.69 Å². The second kappa shape index (κ2) is 16.3. The average Bonchev–Trinajstić information content (AvgIpc) is 3.06. The van der Waals surface area contributed by atoms with E-state index in [2.05, 4.69) is 5.32 Å². The Labute approximate surface area is 271 Å². The molecule has 0 aliphatic rings. The number of nitrogens with one attached hydrogen (secondary N) is 1. The van der Waals surface area contributed by atoms with Gasteiger partial charge in [-0.05, 0) is 67.1 Å². The van der Waals surface area contributed by atoms with Gasteiger partial charge in [-0.3, -0.25) is 13.9 Å². The van der Waals surface area contributed by atoms with Crippen LogP contribution in [0.5, 0.6) is 0 Å². The molecule has 0 aliphatic carbocycles. The second-order valence-electron chi connectivity index (χ2n) is 10.9. The Bertz CT molecular complexity index is 1630. The maximum absolute atomic E-state index is 14.5. The summed E-state index contributed by atoms with van der Waals surface area (Å²) >= 11 is 1.52. The number of carbonyl (C=O) groups excluding carboxylic acids is 2. The maximum Gasteiger partial charge on any atom is 0.264 e. The standard InChI is InChI=1S/C36H41N3O4S2/c1-4-5-24-37-36(41)34(25-29-12-8-6-9-13-29)38(26-30-14-10-7-11-15-30)35(40)27-39(31-18-16-28(2)17-19-31)45(42,43)33-22-20-32(44-3)21-23-33/h6-23,34H,4-5,24-27H2,1-3H3,(H,37,41)/t34-/m0/s1. The van der Waals surface area contributed by atoms with Crippen LogP contribution in [0, 0.1) is 6.92 Å². The molecule has 0 bridgehead atoms. The molecule has 0 aliphatic heterocycles. The van der Waals surface area contributed by atoms with Crippen LogP contribution in [0.15, 0.2) is 119 Å². The first-order valence-corrected chi connectivity index (χ1v) is 17.8. The Hall–Kier alpha value is -4.08. The van der Waals surface area contributed by atoms with Gasteiger partial charge in [-0.1, -0.05) is 91.7 Å². The monoisotopic (exact) mass is 643 g/mol. The van der Waals surface area contributed by atoms with E-state index in [1.165, 1.54) is 16.7 Å². The Balaban J connectivity index is 1.77. The van der Waals surface area contributed by atoms with Crippen LogP contribution in [-0.4, -0.2) is 50.5 Å². The number of aryl methyl sites for hydroxylation is 1. The number of hydrogen-bond donors (Lipinski definition) is 1. The van der Waals surface area contributed by atoms with E-state index in [9.17, 15) is 18.0 Å². The summed E-state index contributed by atoms with van der Waals surface area (Å²) in [6.45, 7) is 4.12. The van der Waals surface area contributed by atoms with E-state index in [-0.39, 0.29) is 23.8 Å². The number of unbranched alkanes of at least 4 members (excludes halogenated alkanes) is 1. The third kappa shape index (κ3) is 9.22. The molecule has 0 heterocycles. The molecule has 0 saturated heterocycles. The predicted octanol–water partition coefficient (Wildman–Crippen LogP) is 6.47. The average molecular weight is 644 g/mol. The van der Waals surface area contributed by atoms with Gasteiger partial charge in [0.15, 0.2) is 0 Å². The summed E-state index contributed by atoms with van der Waals surface area (Å²) in [5.74, 6) is -0.746. The molecular formula is C36H41N3O4S2. The quantitative estimate of drug-likeness (QED) is 0.119. The van der Waals surface area contributed by atoms with Gasteiger partial charge in [-0.15, -0.1) is 11.8 Å². The van der Waals surface area contributed by atoms with E-state index in [1.807, 2.05) is 92.9 Å². The normalized spacial score (nSPS) is 11.9. The second-order valence-corrected chi connectivity index (χ2v) is 13.6. The number of amides is 2. The summed E-state index contributed by atoms with van der Waals surface area (Å²) in [4.78, 5) is 30.8. The van der Waals surface area contributed by atoms with Crippen LogP contribution < -0.4 is 9.62 Å². The molecule has 0 radical (unpaired) electrons. The van der Waals surface area contributed by atoms with Crippen LogP contribution in [-0.2, 0) is 32.6 Å². The highest BCUT2D eigenvalue weighted by atomic mass is 32.2. The Morgan fingerprint density at radius 1 is 0.822 bits per heavy atom. The van der Waals surface area contributed by atoms with E-state index >= 15 is 0 Å². The molecular weight excluding hydrogens is 603 g/mol. The maximum atomic E-state index is 14.5. The zero-order valence-corrected chi connectivity index (χ0v) is 27.7. The van der Waals surface area contributed by atoms with Gasteiger partial charge in [0.1, 0.15) is 12.6 Å². The number of rotatable bonds is 15. The van der Waals surface area contributed by atoms with Gasteiger partial charge >= 0.3 is 0 Å². The van der Waals surface area contributed by atoms with E-state index in [4.69, 9.17) is 0 Å². The summed E-state index contributed by atoms with van der Waals surface area (Å²) in [7, 11) is -4.14. The molecule has 0 unspecified atom stereocenters. The lowest BCUT2D eigenvalue weighted by molar-refractivity contribution is -0.140. The molecule has 45 heavy (non-hydrogen) atoms. The summed E-state index contributed by atoms with van der Waals surface area (Å²) < 4.78 is 29.5. The molecule has 0 saturated carbocycles. The predicted molar refractivity (Wildman–Crippen MR) is 183 cm³/mol. The van der Waals surface area contributed by atoms with Crippen molar-refractivity contribution < 1.29 is 18.0 Å². The highest BCUT2D eigenvalue weighted by Gasteiger charge is 2.34. The van der Waals surface area contributed by atoms with Crippen LogP contribution >= 0.6 is 11.8 Å². The molecule has 0 aromatic heterocycles. The van der Waals surface area contributed by atoms with Crippen molar-refractivity contribution in [3.05, 3.63) is 126 Å². The van der Waals surface area contributed by atoms with Crippen molar-refractivity contribution in [1.82, 2.24) is 10.2 Å². The number of carbonyl (C=O) groups is 2. The lowest BCUT2D eigenvalue weighted by Gasteiger charge is -2.34. The SMILES string of the molecule is CCCCNC(=O)[C@H](Cc1ccccc1)N(Cc1ccccc1)C(=O)CN(c1ccc(C)cc1)S(=O)(=O)c1ccc(SC)cc1. The van der Waals surface area contributed by atoms with Gasteiger partial charge in [-0.2, -0.15) is 0 Å². The molecule has 9 heteroatoms. The van der Waals surface area contributed by atoms with Gasteiger partial charge in [-0.25, -0.2) is 8.42 Å². The number of hydrogen-bond acceptors (Lipinski definition) is 5. The van der Waals surface area contributed by atoms with Crippen molar-refractivity contribution in [2.75, 3.05) is 23.7 Å². The highest BCUT2D eigenvalue weighted by molar-refractivity contribution is 7.98. The van der Waals surface area contributed by atoms with Crippen molar-refractivity contribution in [1.29, 1.82) is 0 Å². The molecule has 1 atom stereocenters. The Kier molecular flexibility index (Phi) is 12.2. The first-order chi connectivity index (χ1) is 21.7. The van der Waals surface area contributed by atoms with E-state index < -0.39 is 28.5 Å². The smallest absolute Gasteiger partial charge is 0.264 e. The molecule has 236 valence electrons. The molecule has 7 nitrogen and oxygen atoms in total. The molecule has 2 amide bonds. The fraction of sp³-hybridized carbons (Fsp3) is 0.278. The van der Waals surface area contributed by atoms with Crippen molar-refractivity contribution in [3.63, 3.8) is 0 Å². The topological polar surface area (TPSA) is 86.8 Å². The third-order valence-corrected chi connectivity index (χ3v) is 10.1. The summed E-state index contributed by atoms with van der Waals surface area (Å²) in [6, 6.07) is 31.8. The first kappa shape index (κ1) is 33.8. The number of sulfonamides is 1. The zero-order valence-electron chi connectivity index (χ0n) is 26.1. The van der Waals surface area contributed by atoms with Crippen molar-refractivity contribution in [2.24, 2.45) is 0 Å². The molecule has 0 spiro atoms. The highest BCUT2D eigenvalue weighted by Crippen LogP contribution is 2.27. The summed E-state index contributed by atoms with van der Waals surface area (Å²) in [6.07, 6.45) is 3.93. The molecule has 4 aromatic rings. The molecule has 0 fully saturated rings. The van der Waals surface area contributed by atoms with Crippen molar-refractivity contribution in [2.45, 2.75) is 55.5 Å². The first-order valence-electron chi connectivity index (χ1n) is 15.1. The number of anilines is 1. The van der Waals surface area contributed by atoms with E-state index in [1.54, 1.807) is 36.4 Å². The minimum Gasteiger partial charge on any atom is -0.354 e. The number of benzene rings is 4. The summed E-state index contributed by atoms with van der Waals surface area (Å²) in [5.41, 5.74) is 3.07. The summed E-state index contributed by atoms with van der Waals surface area (Å²) in [5, 5.41) is 3.02. The van der Waals surface area contributed by atoms with Gasteiger partial charge in [0.2, 0.25) is 11.8 Å². The van der Waals surface area contributed by atoms with Gasteiger partial charge in [0.05, 0.1) is 10.6 Å². The van der Waals surface area contributed by atoms with Gasteiger partial charge < -0.3 is 10.2 Å². The Morgan fingerprint density at radius 2 is 1.42 bits per heavy atom. The Morgan fingerprint density at radius 3 is 2.00 bits per heavy atom. The largest absolute Gasteiger partial charge is 0.354 e. The van der Waals surface area contributed by atoms with Crippen LogP contribution in [0.1, 0.15) is 36.5 Å². The van der Waals surface area contributed by atoms with Gasteiger partial charge in [0, 0.05) is 24.4 Å². The van der Waals surface area contributed by atoms with Crippen LogP contribution in [0.25, 0.3) is 0 Å². The zero-order chi connectivity index (χ0) is 32.2. The lowest BCUT2D eigenvalue weighted by Crippen LogP contribution is -2.53. The number of thioether (sulfide) groups is 1. The minimum atomic E-state index is -4.14. The van der Waals surface area contributed by atoms with Crippen molar-refractivity contribution >= 4 is 39.3 Å². The van der Waals surface area contributed by atoms with E-state index in [0.717, 1.165) is 38.7 Å². The fourth-order valence-corrected chi connectivity index (χ4v) is 6.78. The van der Waals surface area contributed by atoms with Crippen LogP contribution in [0.2, 0.25) is 0 Å². The van der Waals surface area contributed by atoms with Gasteiger partial charge in [0.25, 0.3) is 10.0 Å². The molecule has 4 rings (SSSR count). The lowest BCUT2D eigenvalue weighted by atomic mass is 10.0. The number of nitrogens with zero attached hydrogens (tertiary/aromatic N) is 2. The molecule has 1 N–H and O–H groups in total. The van der Waals surface area contributed by atoms with Crippen molar-refractivity contribution in [3.8, 4) is 0 Å². The third-order valence-electron chi connectivity index (χ3n) is 7.54. The van der Waals surface area contributed by atoms with Crippen LogP contribution in [0.3, 0.4) is 0 Å². The van der Waals surface area contributed by atoms with E-state index in [0.29, 0.717) is 12.2 Å². The minimum absolute atomic E-state index is 0.0847. The molecule has 4 aromatic carbocycles. The fourth-order valence-electron chi connectivity index (χ4n) is 4.95.